The van der Waals surface area contributed by atoms with Gasteiger partial charge in [0.25, 0.3) is 0 Å². The maximum Gasteiger partial charge on any atom is 0.0703 e. The summed E-state index contributed by atoms with van der Waals surface area (Å²) in [5, 5.41) is 3.10. The van der Waals surface area contributed by atoms with Crippen LogP contribution in [-0.4, -0.2) is 39.5 Å². The summed E-state index contributed by atoms with van der Waals surface area (Å²) in [6, 6.07) is 0. The number of unbranched alkanes of at least 4 members (excludes halogenated alkanes) is 1. The van der Waals surface area contributed by atoms with Gasteiger partial charge < -0.3 is 14.8 Å². The Balaban J connectivity index is 2.84. The van der Waals surface area contributed by atoms with Crippen molar-refractivity contribution in [1.82, 2.24) is 5.32 Å². The summed E-state index contributed by atoms with van der Waals surface area (Å²) < 4.78 is 10.7. The first kappa shape index (κ1) is 12.9. The van der Waals surface area contributed by atoms with Crippen LogP contribution in [0, 0.1) is 0 Å². The Morgan fingerprint density at radius 3 is 2.46 bits per heavy atom. The van der Waals surface area contributed by atoms with Crippen molar-refractivity contribution in [3.8, 4) is 0 Å². The number of rotatable bonds is 9. The zero-order chi connectivity index (χ0) is 9.94. The molecule has 0 aliphatic carbocycles. The lowest BCUT2D eigenvalue weighted by Crippen LogP contribution is -2.11. The van der Waals surface area contributed by atoms with E-state index in [1.165, 1.54) is 6.42 Å². The number of hydrogen-bond donors (Lipinski definition) is 1. The molecule has 0 radical (unpaired) electrons. The molecule has 0 fully saturated rings. The SMILES string of the molecule is CNCCCCOCCOC(C)C. The van der Waals surface area contributed by atoms with Gasteiger partial charge in [0.05, 0.1) is 19.3 Å². The number of hydrogen-bond acceptors (Lipinski definition) is 3. The highest BCUT2D eigenvalue weighted by molar-refractivity contribution is 4.42. The minimum absolute atomic E-state index is 0.313. The first-order chi connectivity index (χ1) is 6.27. The average Bonchev–Trinajstić information content (AvgIpc) is 2.09. The smallest absolute Gasteiger partial charge is 0.0703 e. The van der Waals surface area contributed by atoms with Crippen LogP contribution in [0.25, 0.3) is 0 Å². The molecule has 0 aliphatic heterocycles. The Morgan fingerprint density at radius 1 is 1.08 bits per heavy atom. The van der Waals surface area contributed by atoms with E-state index in [-0.39, 0.29) is 0 Å². The Kier molecular flexibility index (Phi) is 9.87. The van der Waals surface area contributed by atoms with Crippen LogP contribution >= 0.6 is 0 Å². The summed E-state index contributed by atoms with van der Waals surface area (Å²) >= 11 is 0. The highest BCUT2D eigenvalue weighted by Crippen LogP contribution is 1.90. The molecule has 0 saturated heterocycles. The first-order valence-corrected chi connectivity index (χ1v) is 5.11. The Hall–Kier alpha value is -0.120. The van der Waals surface area contributed by atoms with Crippen molar-refractivity contribution in [1.29, 1.82) is 0 Å². The minimum Gasteiger partial charge on any atom is -0.379 e. The molecule has 0 bridgehead atoms. The highest BCUT2D eigenvalue weighted by atomic mass is 16.5. The van der Waals surface area contributed by atoms with Crippen LogP contribution in [0.4, 0.5) is 0 Å². The molecule has 0 aromatic carbocycles. The fourth-order valence-corrected chi connectivity index (χ4v) is 0.951. The number of nitrogens with one attached hydrogen (secondary N) is 1. The normalized spacial score (nSPS) is 11.1. The predicted molar refractivity (Wildman–Crippen MR) is 55.1 cm³/mol. The van der Waals surface area contributed by atoms with Crippen LogP contribution in [0.3, 0.4) is 0 Å². The van der Waals surface area contributed by atoms with Gasteiger partial charge in [0.15, 0.2) is 0 Å². The van der Waals surface area contributed by atoms with Crippen molar-refractivity contribution in [2.24, 2.45) is 0 Å². The highest BCUT2D eigenvalue weighted by Gasteiger charge is 1.93. The third kappa shape index (κ3) is 11.9. The Morgan fingerprint density at radius 2 is 1.85 bits per heavy atom. The van der Waals surface area contributed by atoms with Crippen LogP contribution in [0.1, 0.15) is 26.7 Å². The molecule has 0 rings (SSSR count). The van der Waals surface area contributed by atoms with Gasteiger partial charge in [-0.2, -0.15) is 0 Å². The molecule has 3 nitrogen and oxygen atoms in total. The predicted octanol–water partition coefficient (Wildman–Crippen LogP) is 1.43. The fourth-order valence-electron chi connectivity index (χ4n) is 0.951. The molecule has 0 amide bonds. The van der Waals surface area contributed by atoms with Gasteiger partial charge in [0.1, 0.15) is 0 Å². The van der Waals surface area contributed by atoms with Crippen LogP contribution in [-0.2, 0) is 9.47 Å². The molecular formula is C10H23NO2. The van der Waals surface area contributed by atoms with Crippen LogP contribution in [0.2, 0.25) is 0 Å². The summed E-state index contributed by atoms with van der Waals surface area (Å²) in [4.78, 5) is 0. The second kappa shape index (κ2) is 9.96. The zero-order valence-corrected chi connectivity index (χ0v) is 9.14. The lowest BCUT2D eigenvalue weighted by Gasteiger charge is -2.07. The van der Waals surface area contributed by atoms with Gasteiger partial charge in [0, 0.05) is 6.61 Å². The van der Waals surface area contributed by atoms with Crippen molar-refractivity contribution in [3.05, 3.63) is 0 Å². The lowest BCUT2D eigenvalue weighted by molar-refractivity contribution is 0.0188. The zero-order valence-electron chi connectivity index (χ0n) is 9.14. The molecule has 80 valence electrons. The van der Waals surface area contributed by atoms with E-state index in [2.05, 4.69) is 5.32 Å². The second-order valence-electron chi connectivity index (χ2n) is 3.34. The maximum absolute atomic E-state index is 5.38. The summed E-state index contributed by atoms with van der Waals surface area (Å²) in [6.07, 6.45) is 2.62. The second-order valence-corrected chi connectivity index (χ2v) is 3.34. The molecule has 1 N–H and O–H groups in total. The molecule has 0 saturated carbocycles. The average molecular weight is 189 g/mol. The molecule has 0 aromatic heterocycles. The van der Waals surface area contributed by atoms with Crippen LogP contribution in [0.5, 0.6) is 0 Å². The van der Waals surface area contributed by atoms with Gasteiger partial charge in [-0.15, -0.1) is 0 Å². The minimum atomic E-state index is 0.313. The van der Waals surface area contributed by atoms with E-state index in [0.717, 1.165) is 26.2 Å². The third-order valence-corrected chi connectivity index (χ3v) is 1.64. The van der Waals surface area contributed by atoms with E-state index in [0.29, 0.717) is 12.7 Å². The standard InChI is InChI=1S/C10H23NO2/c1-10(2)13-9-8-12-7-5-4-6-11-3/h10-11H,4-9H2,1-3H3. The third-order valence-electron chi connectivity index (χ3n) is 1.64. The lowest BCUT2D eigenvalue weighted by atomic mass is 10.3. The molecule has 0 aliphatic rings. The Bertz CT molecular complexity index is 96.9. The molecule has 13 heavy (non-hydrogen) atoms. The topological polar surface area (TPSA) is 30.5 Å². The summed E-state index contributed by atoms with van der Waals surface area (Å²) in [6.45, 7) is 7.43. The van der Waals surface area contributed by atoms with Gasteiger partial charge >= 0.3 is 0 Å². The van der Waals surface area contributed by atoms with Crippen LogP contribution < -0.4 is 5.32 Å². The monoisotopic (exact) mass is 189 g/mol. The van der Waals surface area contributed by atoms with E-state index >= 15 is 0 Å². The van der Waals surface area contributed by atoms with Gasteiger partial charge in [0.2, 0.25) is 0 Å². The van der Waals surface area contributed by atoms with Crippen molar-refractivity contribution in [3.63, 3.8) is 0 Å². The van der Waals surface area contributed by atoms with Crippen LogP contribution in [0.15, 0.2) is 0 Å². The number of ether oxygens (including phenoxy) is 2. The molecule has 0 unspecified atom stereocenters. The van der Waals surface area contributed by atoms with Gasteiger partial charge in [-0.05, 0) is 40.3 Å². The van der Waals surface area contributed by atoms with Gasteiger partial charge in [-0.3, -0.25) is 0 Å². The first-order valence-electron chi connectivity index (χ1n) is 5.11. The molecule has 0 heterocycles. The molecule has 0 aromatic rings. The molecule has 3 heteroatoms. The maximum atomic E-state index is 5.38. The Labute approximate surface area is 81.8 Å². The summed E-state index contributed by atoms with van der Waals surface area (Å²) in [7, 11) is 1.97. The van der Waals surface area contributed by atoms with Gasteiger partial charge in [-0.25, -0.2) is 0 Å². The van der Waals surface area contributed by atoms with Crippen molar-refractivity contribution < 1.29 is 9.47 Å². The fraction of sp³-hybridized carbons (Fsp3) is 1.00. The summed E-state index contributed by atoms with van der Waals surface area (Å²) in [5.41, 5.74) is 0. The van der Waals surface area contributed by atoms with E-state index in [4.69, 9.17) is 9.47 Å². The molecular weight excluding hydrogens is 166 g/mol. The van der Waals surface area contributed by atoms with E-state index in [1.807, 2.05) is 20.9 Å². The van der Waals surface area contributed by atoms with E-state index in [9.17, 15) is 0 Å². The van der Waals surface area contributed by atoms with Crippen molar-refractivity contribution >= 4 is 0 Å². The molecule has 0 spiro atoms. The quantitative estimate of drug-likeness (QED) is 0.557. The van der Waals surface area contributed by atoms with Gasteiger partial charge in [-0.1, -0.05) is 0 Å². The van der Waals surface area contributed by atoms with E-state index < -0.39 is 0 Å². The molecule has 0 atom stereocenters. The van der Waals surface area contributed by atoms with E-state index in [1.54, 1.807) is 0 Å². The van der Waals surface area contributed by atoms with Crippen molar-refractivity contribution in [2.75, 3.05) is 33.4 Å². The van der Waals surface area contributed by atoms with Crippen molar-refractivity contribution in [2.45, 2.75) is 32.8 Å². The largest absolute Gasteiger partial charge is 0.379 e. The summed E-state index contributed by atoms with van der Waals surface area (Å²) in [5.74, 6) is 0.